The molecule has 0 aliphatic heterocycles. The number of carbonyl (C=O) groups is 2. The van der Waals surface area contributed by atoms with Crippen molar-refractivity contribution in [1.29, 1.82) is 0 Å². The number of methoxy groups -OCH3 is 1. The minimum Gasteiger partial charge on any atom is -0.494 e. The zero-order valence-electron chi connectivity index (χ0n) is 10.7. The maximum Gasteiger partial charge on any atom is 0.328 e. The van der Waals surface area contributed by atoms with Gasteiger partial charge < -0.3 is 20.3 Å². The summed E-state index contributed by atoms with van der Waals surface area (Å²) in [6.45, 7) is -0.716. The van der Waals surface area contributed by atoms with Gasteiger partial charge in [-0.05, 0) is 23.8 Å². The number of amides is 1. The summed E-state index contributed by atoms with van der Waals surface area (Å²) in [6.07, 6.45) is 2.36. The highest BCUT2D eigenvalue weighted by Gasteiger charge is 2.17. The van der Waals surface area contributed by atoms with E-state index in [-0.39, 0.29) is 5.75 Å². The first kappa shape index (κ1) is 15.6. The third-order valence-corrected chi connectivity index (χ3v) is 2.40. The lowest BCUT2D eigenvalue weighted by Crippen LogP contribution is -2.42. The lowest BCUT2D eigenvalue weighted by atomic mass is 10.2. The van der Waals surface area contributed by atoms with Crippen molar-refractivity contribution in [1.82, 2.24) is 5.32 Å². The van der Waals surface area contributed by atoms with Crippen molar-refractivity contribution in [3.63, 3.8) is 0 Å². The molecule has 20 heavy (non-hydrogen) atoms. The predicted octanol–water partition coefficient (Wildman–Crippen LogP) is 0.409. The molecule has 1 aromatic carbocycles. The third-order valence-electron chi connectivity index (χ3n) is 2.40. The molecule has 0 heterocycles. The zero-order chi connectivity index (χ0) is 15.1. The van der Waals surface area contributed by atoms with Gasteiger partial charge in [0.15, 0.2) is 17.6 Å². The Balaban J connectivity index is 2.70. The fourth-order valence-electron chi connectivity index (χ4n) is 1.36. The summed E-state index contributed by atoms with van der Waals surface area (Å²) in [6, 6.07) is 2.73. The number of ether oxygens (including phenoxy) is 1. The summed E-state index contributed by atoms with van der Waals surface area (Å²) in [5.74, 6) is -2.54. The van der Waals surface area contributed by atoms with Crippen LogP contribution in [0.5, 0.6) is 5.75 Å². The summed E-state index contributed by atoms with van der Waals surface area (Å²) in [4.78, 5) is 22.0. The van der Waals surface area contributed by atoms with Crippen LogP contribution in [0, 0.1) is 5.82 Å². The summed E-state index contributed by atoms with van der Waals surface area (Å²) >= 11 is 0. The molecule has 0 aromatic heterocycles. The highest BCUT2D eigenvalue weighted by molar-refractivity contribution is 5.94. The molecular weight excluding hydrogens is 269 g/mol. The number of hydrogen-bond donors (Lipinski definition) is 3. The second-order valence-electron chi connectivity index (χ2n) is 3.81. The van der Waals surface area contributed by atoms with E-state index in [0.717, 1.165) is 6.08 Å². The molecule has 3 N–H and O–H groups in total. The molecular formula is C13H14FNO5. The first-order valence-electron chi connectivity index (χ1n) is 5.63. The fraction of sp³-hybridized carbons (Fsp3) is 0.231. The van der Waals surface area contributed by atoms with Gasteiger partial charge in [0.1, 0.15) is 0 Å². The quantitative estimate of drug-likeness (QED) is 0.657. The Morgan fingerprint density at radius 2 is 2.20 bits per heavy atom. The van der Waals surface area contributed by atoms with E-state index >= 15 is 0 Å². The van der Waals surface area contributed by atoms with Gasteiger partial charge in [-0.15, -0.1) is 0 Å². The molecule has 0 unspecified atom stereocenters. The number of rotatable bonds is 6. The maximum absolute atomic E-state index is 13.4. The van der Waals surface area contributed by atoms with Crippen molar-refractivity contribution in [3.05, 3.63) is 35.7 Å². The molecule has 108 valence electrons. The number of carboxylic acid groups (broad SMARTS) is 1. The molecule has 0 saturated carbocycles. The second-order valence-corrected chi connectivity index (χ2v) is 3.81. The maximum atomic E-state index is 13.4. The Morgan fingerprint density at radius 1 is 1.50 bits per heavy atom. The average Bonchev–Trinajstić information content (AvgIpc) is 2.42. The van der Waals surface area contributed by atoms with E-state index in [1.54, 1.807) is 0 Å². The zero-order valence-corrected chi connectivity index (χ0v) is 10.7. The van der Waals surface area contributed by atoms with Gasteiger partial charge in [0.05, 0.1) is 13.7 Å². The van der Waals surface area contributed by atoms with Crippen LogP contribution in [0.2, 0.25) is 0 Å². The summed E-state index contributed by atoms with van der Waals surface area (Å²) in [7, 11) is 1.34. The SMILES string of the molecule is COc1ccc(/C=C/C(=O)N[C@H](CO)C(=O)O)cc1F. The normalized spacial score (nSPS) is 12.2. The number of aliphatic hydroxyl groups excluding tert-OH is 1. The Morgan fingerprint density at radius 3 is 2.70 bits per heavy atom. The predicted molar refractivity (Wildman–Crippen MR) is 68.6 cm³/mol. The van der Waals surface area contributed by atoms with Crippen molar-refractivity contribution in [2.24, 2.45) is 0 Å². The Labute approximate surface area is 114 Å². The highest BCUT2D eigenvalue weighted by Crippen LogP contribution is 2.18. The number of hydrogen-bond acceptors (Lipinski definition) is 4. The van der Waals surface area contributed by atoms with Crippen LogP contribution in [0.15, 0.2) is 24.3 Å². The molecule has 0 bridgehead atoms. The van der Waals surface area contributed by atoms with Gasteiger partial charge in [-0.1, -0.05) is 6.07 Å². The molecule has 1 rings (SSSR count). The summed E-state index contributed by atoms with van der Waals surface area (Å²) in [5.41, 5.74) is 0.411. The molecule has 7 heteroatoms. The van der Waals surface area contributed by atoms with Gasteiger partial charge in [-0.2, -0.15) is 0 Å². The minimum atomic E-state index is -1.38. The number of aliphatic carboxylic acids is 1. The van der Waals surface area contributed by atoms with Crippen molar-refractivity contribution < 1.29 is 28.9 Å². The van der Waals surface area contributed by atoms with Gasteiger partial charge in [0, 0.05) is 6.08 Å². The molecule has 1 amide bonds. The topological polar surface area (TPSA) is 95.9 Å². The Kier molecular flexibility index (Phi) is 5.67. The second kappa shape index (κ2) is 7.25. The number of halogens is 1. The standard InChI is InChI=1S/C13H14FNO5/c1-20-11-4-2-8(6-9(11)14)3-5-12(17)15-10(7-16)13(18)19/h2-6,10,16H,7H2,1H3,(H,15,17)(H,18,19)/b5-3+/t10-/m1/s1. The van der Waals surface area contributed by atoms with Gasteiger partial charge in [-0.3, -0.25) is 4.79 Å². The molecule has 0 spiro atoms. The number of carboxylic acids is 1. The molecule has 0 radical (unpaired) electrons. The number of nitrogens with one attached hydrogen (secondary N) is 1. The van der Waals surface area contributed by atoms with E-state index in [9.17, 15) is 14.0 Å². The van der Waals surface area contributed by atoms with Crippen molar-refractivity contribution in [2.75, 3.05) is 13.7 Å². The third kappa shape index (κ3) is 4.36. The van der Waals surface area contributed by atoms with Crippen molar-refractivity contribution in [2.45, 2.75) is 6.04 Å². The van der Waals surface area contributed by atoms with Gasteiger partial charge >= 0.3 is 5.97 Å². The molecule has 0 aliphatic carbocycles. The Hall–Kier alpha value is -2.41. The summed E-state index contributed by atoms with van der Waals surface area (Å²) < 4.78 is 18.1. The average molecular weight is 283 g/mol. The van der Waals surface area contributed by atoms with E-state index in [1.165, 1.54) is 31.4 Å². The van der Waals surface area contributed by atoms with Gasteiger partial charge in [0.2, 0.25) is 5.91 Å². The molecule has 0 fully saturated rings. The van der Waals surface area contributed by atoms with Crippen LogP contribution in [0.3, 0.4) is 0 Å². The van der Waals surface area contributed by atoms with Crippen LogP contribution in [-0.2, 0) is 9.59 Å². The highest BCUT2D eigenvalue weighted by atomic mass is 19.1. The van der Waals surface area contributed by atoms with E-state index < -0.39 is 30.3 Å². The van der Waals surface area contributed by atoms with E-state index in [1.807, 2.05) is 0 Å². The smallest absolute Gasteiger partial charge is 0.328 e. The van der Waals surface area contributed by atoms with Crippen LogP contribution in [0.4, 0.5) is 4.39 Å². The lowest BCUT2D eigenvalue weighted by molar-refractivity contribution is -0.142. The van der Waals surface area contributed by atoms with Crippen LogP contribution in [-0.4, -0.2) is 41.8 Å². The van der Waals surface area contributed by atoms with E-state index in [4.69, 9.17) is 14.9 Å². The first-order chi connectivity index (χ1) is 9.47. The molecule has 1 aromatic rings. The van der Waals surface area contributed by atoms with Crippen LogP contribution >= 0.6 is 0 Å². The Bertz CT molecular complexity index is 529. The van der Waals surface area contributed by atoms with Gasteiger partial charge in [0.25, 0.3) is 0 Å². The van der Waals surface area contributed by atoms with Gasteiger partial charge in [-0.25, -0.2) is 9.18 Å². The number of aliphatic hydroxyl groups is 1. The van der Waals surface area contributed by atoms with Crippen LogP contribution in [0.25, 0.3) is 6.08 Å². The lowest BCUT2D eigenvalue weighted by Gasteiger charge is -2.09. The largest absolute Gasteiger partial charge is 0.494 e. The number of carbonyl (C=O) groups excluding carboxylic acids is 1. The fourth-order valence-corrected chi connectivity index (χ4v) is 1.36. The first-order valence-corrected chi connectivity index (χ1v) is 5.63. The number of benzene rings is 1. The molecule has 1 atom stereocenters. The monoisotopic (exact) mass is 283 g/mol. The van der Waals surface area contributed by atoms with Crippen LogP contribution in [0.1, 0.15) is 5.56 Å². The van der Waals surface area contributed by atoms with E-state index in [2.05, 4.69) is 5.32 Å². The molecule has 0 aliphatic rings. The summed E-state index contributed by atoms with van der Waals surface area (Å²) in [5, 5.41) is 19.5. The minimum absolute atomic E-state index is 0.0813. The van der Waals surface area contributed by atoms with Crippen molar-refractivity contribution >= 4 is 18.0 Å². The molecule has 6 nitrogen and oxygen atoms in total. The van der Waals surface area contributed by atoms with E-state index in [0.29, 0.717) is 5.56 Å². The van der Waals surface area contributed by atoms with Crippen LogP contribution < -0.4 is 10.1 Å². The van der Waals surface area contributed by atoms with Crippen molar-refractivity contribution in [3.8, 4) is 5.75 Å². The molecule has 0 saturated heterocycles.